The molecule has 0 atom stereocenters. The number of hydrogen-bond donors (Lipinski definition) is 2. The van der Waals surface area contributed by atoms with Gasteiger partial charge in [0.25, 0.3) is 5.91 Å². The molecular formula is C12H15N3O2. The van der Waals surface area contributed by atoms with Crippen molar-refractivity contribution in [1.82, 2.24) is 10.2 Å². The Morgan fingerprint density at radius 3 is 2.47 bits per heavy atom. The number of rotatable bonds is 2. The molecule has 1 heterocycles. The number of imide groups is 1. The normalized spacial score (nSPS) is 18.4. The van der Waals surface area contributed by atoms with Crippen molar-refractivity contribution in [2.24, 2.45) is 0 Å². The lowest BCUT2D eigenvalue weighted by atomic mass is 10.1. The molecule has 1 fully saturated rings. The summed E-state index contributed by atoms with van der Waals surface area (Å²) in [5.74, 6) is -0.231. The smallest absolute Gasteiger partial charge is 0.325 e. The van der Waals surface area contributed by atoms with Gasteiger partial charge in [0.1, 0.15) is 5.54 Å². The number of hydrogen-bond acceptors (Lipinski definition) is 3. The van der Waals surface area contributed by atoms with Crippen molar-refractivity contribution in [1.29, 1.82) is 0 Å². The number of para-hydroxylation sites is 1. The van der Waals surface area contributed by atoms with E-state index in [0.717, 1.165) is 5.56 Å². The highest BCUT2D eigenvalue weighted by Gasteiger charge is 2.44. The molecule has 2 rings (SSSR count). The predicted octanol–water partition coefficient (Wildman–Crippen LogP) is 1.10. The summed E-state index contributed by atoms with van der Waals surface area (Å²) in [5, 5.41) is 2.63. The molecule has 3 N–H and O–H groups in total. The second kappa shape index (κ2) is 3.76. The van der Waals surface area contributed by atoms with Crippen LogP contribution in [0.3, 0.4) is 0 Å². The molecule has 0 radical (unpaired) electrons. The van der Waals surface area contributed by atoms with Crippen LogP contribution < -0.4 is 11.1 Å². The molecule has 0 unspecified atom stereocenters. The maximum atomic E-state index is 12.0. The van der Waals surface area contributed by atoms with E-state index >= 15 is 0 Å². The quantitative estimate of drug-likeness (QED) is 0.593. The molecule has 1 aromatic carbocycles. The van der Waals surface area contributed by atoms with Gasteiger partial charge in [-0.15, -0.1) is 0 Å². The summed E-state index contributed by atoms with van der Waals surface area (Å²) in [5.41, 5.74) is 6.31. The number of anilines is 1. The first-order valence-corrected chi connectivity index (χ1v) is 5.39. The van der Waals surface area contributed by atoms with Crippen molar-refractivity contribution >= 4 is 17.6 Å². The van der Waals surface area contributed by atoms with E-state index in [1.807, 2.05) is 12.1 Å². The van der Waals surface area contributed by atoms with E-state index in [1.165, 1.54) is 4.90 Å². The first kappa shape index (κ1) is 11.4. The average molecular weight is 233 g/mol. The second-order valence-electron chi connectivity index (χ2n) is 4.65. The number of amides is 3. The van der Waals surface area contributed by atoms with Crippen molar-refractivity contribution in [3.8, 4) is 0 Å². The third-order valence-corrected chi connectivity index (χ3v) is 2.83. The molecule has 5 heteroatoms. The molecule has 1 saturated heterocycles. The van der Waals surface area contributed by atoms with Crippen molar-refractivity contribution in [2.75, 3.05) is 5.73 Å². The van der Waals surface area contributed by atoms with E-state index in [2.05, 4.69) is 5.32 Å². The van der Waals surface area contributed by atoms with Gasteiger partial charge in [-0.1, -0.05) is 18.2 Å². The highest BCUT2D eigenvalue weighted by molar-refractivity contribution is 6.06. The van der Waals surface area contributed by atoms with E-state index < -0.39 is 5.54 Å². The molecule has 0 aliphatic carbocycles. The van der Waals surface area contributed by atoms with Crippen molar-refractivity contribution in [3.63, 3.8) is 0 Å². The number of urea groups is 1. The number of carbonyl (C=O) groups is 2. The van der Waals surface area contributed by atoms with Crippen LogP contribution in [0, 0.1) is 0 Å². The van der Waals surface area contributed by atoms with Crippen LogP contribution >= 0.6 is 0 Å². The highest BCUT2D eigenvalue weighted by Crippen LogP contribution is 2.21. The molecule has 3 amide bonds. The standard InChI is InChI=1S/C12H15N3O2/c1-12(2)10(16)15(11(17)14-12)7-8-5-3-4-6-9(8)13/h3-6H,7,13H2,1-2H3,(H,14,17). The average Bonchev–Trinajstić information content (AvgIpc) is 2.43. The topological polar surface area (TPSA) is 75.4 Å². The Kier molecular flexibility index (Phi) is 2.53. The molecule has 0 aromatic heterocycles. The molecule has 0 saturated carbocycles. The minimum absolute atomic E-state index is 0.209. The number of benzene rings is 1. The van der Waals surface area contributed by atoms with Crippen molar-refractivity contribution < 1.29 is 9.59 Å². The summed E-state index contributed by atoms with van der Waals surface area (Å²) in [7, 11) is 0. The number of nitrogens with zero attached hydrogens (tertiary/aromatic N) is 1. The van der Waals surface area contributed by atoms with Gasteiger partial charge in [0.05, 0.1) is 6.54 Å². The molecule has 17 heavy (non-hydrogen) atoms. The van der Waals surface area contributed by atoms with Gasteiger partial charge in [-0.05, 0) is 25.5 Å². The molecule has 90 valence electrons. The maximum Gasteiger partial charge on any atom is 0.325 e. The van der Waals surface area contributed by atoms with Crippen LogP contribution in [0.25, 0.3) is 0 Å². The van der Waals surface area contributed by atoms with Gasteiger partial charge in [-0.25, -0.2) is 4.79 Å². The molecule has 1 aliphatic rings. The molecule has 5 nitrogen and oxygen atoms in total. The fourth-order valence-corrected chi connectivity index (χ4v) is 1.81. The zero-order valence-corrected chi connectivity index (χ0v) is 9.86. The summed E-state index contributed by atoms with van der Waals surface area (Å²) in [6.45, 7) is 3.57. The number of carbonyl (C=O) groups excluding carboxylic acids is 2. The Hall–Kier alpha value is -2.04. The summed E-state index contributed by atoms with van der Waals surface area (Å²) in [6, 6.07) is 6.83. The lowest BCUT2D eigenvalue weighted by molar-refractivity contribution is -0.130. The lowest BCUT2D eigenvalue weighted by Gasteiger charge is -2.16. The molecular weight excluding hydrogens is 218 g/mol. The van der Waals surface area contributed by atoms with E-state index in [4.69, 9.17) is 5.73 Å². The Bertz CT molecular complexity index is 482. The zero-order valence-electron chi connectivity index (χ0n) is 9.86. The molecule has 0 bridgehead atoms. The molecule has 0 spiro atoms. The summed E-state index contributed by atoms with van der Waals surface area (Å²) < 4.78 is 0. The fourth-order valence-electron chi connectivity index (χ4n) is 1.81. The van der Waals surface area contributed by atoms with Crippen LogP contribution in [0.5, 0.6) is 0 Å². The Labute approximate surface area is 99.6 Å². The predicted molar refractivity (Wildman–Crippen MR) is 64.0 cm³/mol. The van der Waals surface area contributed by atoms with Crippen LogP contribution in [0.15, 0.2) is 24.3 Å². The number of nitrogens with two attached hydrogens (primary N) is 1. The van der Waals surface area contributed by atoms with Gasteiger partial charge >= 0.3 is 6.03 Å². The number of nitrogens with one attached hydrogen (secondary N) is 1. The van der Waals surface area contributed by atoms with Gasteiger partial charge in [0.15, 0.2) is 0 Å². The Morgan fingerprint density at radius 2 is 1.94 bits per heavy atom. The first-order valence-electron chi connectivity index (χ1n) is 5.39. The van der Waals surface area contributed by atoms with Gasteiger partial charge in [-0.2, -0.15) is 0 Å². The minimum Gasteiger partial charge on any atom is -0.398 e. The minimum atomic E-state index is -0.833. The first-order chi connectivity index (χ1) is 7.92. The van der Waals surface area contributed by atoms with E-state index in [9.17, 15) is 9.59 Å². The Morgan fingerprint density at radius 1 is 1.29 bits per heavy atom. The summed E-state index contributed by atoms with van der Waals surface area (Å²) >= 11 is 0. The monoisotopic (exact) mass is 233 g/mol. The van der Waals surface area contributed by atoms with Crippen molar-refractivity contribution in [3.05, 3.63) is 29.8 Å². The van der Waals surface area contributed by atoms with Gasteiger partial charge in [-0.3, -0.25) is 9.69 Å². The zero-order chi connectivity index (χ0) is 12.6. The van der Waals surface area contributed by atoms with Crippen LogP contribution in [0.1, 0.15) is 19.4 Å². The second-order valence-corrected chi connectivity index (χ2v) is 4.65. The number of nitrogen functional groups attached to an aromatic ring is 1. The van der Waals surface area contributed by atoms with Gasteiger partial charge in [0.2, 0.25) is 0 Å². The maximum absolute atomic E-state index is 12.0. The van der Waals surface area contributed by atoms with E-state index in [-0.39, 0.29) is 18.5 Å². The molecule has 1 aromatic rings. The third-order valence-electron chi connectivity index (χ3n) is 2.83. The summed E-state index contributed by atoms with van der Waals surface area (Å²) in [6.07, 6.45) is 0. The summed E-state index contributed by atoms with van der Waals surface area (Å²) in [4.78, 5) is 24.8. The van der Waals surface area contributed by atoms with Gasteiger partial charge < -0.3 is 11.1 Å². The molecule has 1 aliphatic heterocycles. The lowest BCUT2D eigenvalue weighted by Crippen LogP contribution is -2.40. The Balaban J connectivity index is 2.23. The van der Waals surface area contributed by atoms with E-state index in [1.54, 1.807) is 26.0 Å². The van der Waals surface area contributed by atoms with Crippen LogP contribution in [-0.2, 0) is 11.3 Å². The SMILES string of the molecule is CC1(C)NC(=O)N(Cc2ccccc2N)C1=O. The third kappa shape index (κ3) is 1.95. The van der Waals surface area contributed by atoms with E-state index in [0.29, 0.717) is 5.69 Å². The van der Waals surface area contributed by atoms with Crippen LogP contribution in [-0.4, -0.2) is 22.4 Å². The highest BCUT2D eigenvalue weighted by atomic mass is 16.2. The van der Waals surface area contributed by atoms with Gasteiger partial charge in [0, 0.05) is 5.69 Å². The fraction of sp³-hybridized carbons (Fsp3) is 0.333. The van der Waals surface area contributed by atoms with Crippen LogP contribution in [0.2, 0.25) is 0 Å². The van der Waals surface area contributed by atoms with Crippen LogP contribution in [0.4, 0.5) is 10.5 Å². The van der Waals surface area contributed by atoms with Crippen molar-refractivity contribution in [2.45, 2.75) is 25.9 Å². The largest absolute Gasteiger partial charge is 0.398 e.